The summed E-state index contributed by atoms with van der Waals surface area (Å²) >= 11 is 3.23. The molecule has 0 aliphatic rings. The highest BCUT2D eigenvalue weighted by atomic mass is 79.9. The van der Waals surface area contributed by atoms with Crippen LogP contribution in [0.5, 0.6) is 0 Å². The molecule has 2 aromatic rings. The number of nitrogens with two attached hydrogens (primary N) is 1. The van der Waals surface area contributed by atoms with Gasteiger partial charge in [0.15, 0.2) is 0 Å². The van der Waals surface area contributed by atoms with Crippen molar-refractivity contribution in [3.8, 4) is 0 Å². The van der Waals surface area contributed by atoms with Gasteiger partial charge in [-0.3, -0.25) is 4.72 Å². The first-order chi connectivity index (χ1) is 9.29. The number of aryl methyl sites for hydroxylation is 2. The number of hydrogen-bond acceptors (Lipinski definition) is 3. The Labute approximate surface area is 127 Å². The second-order valence-corrected chi connectivity index (χ2v) is 7.12. The third-order valence-electron chi connectivity index (χ3n) is 2.88. The summed E-state index contributed by atoms with van der Waals surface area (Å²) < 4.78 is 27.9. The molecule has 0 spiro atoms. The van der Waals surface area contributed by atoms with Gasteiger partial charge < -0.3 is 5.73 Å². The molecule has 0 saturated heterocycles. The Hall–Kier alpha value is -1.53. The van der Waals surface area contributed by atoms with E-state index in [0.717, 1.165) is 11.1 Å². The molecule has 0 aliphatic carbocycles. The number of halogens is 1. The summed E-state index contributed by atoms with van der Waals surface area (Å²) in [5, 5.41) is 0. The van der Waals surface area contributed by atoms with E-state index in [2.05, 4.69) is 20.7 Å². The van der Waals surface area contributed by atoms with Gasteiger partial charge in [0, 0.05) is 10.2 Å². The zero-order valence-corrected chi connectivity index (χ0v) is 13.5. The Balaban J connectivity index is 2.43. The fraction of sp³-hybridized carbons (Fsp3) is 0.143. The average molecular weight is 355 g/mol. The number of sulfonamides is 1. The lowest BCUT2D eigenvalue weighted by atomic mass is 10.1. The lowest BCUT2D eigenvalue weighted by Gasteiger charge is -2.12. The Bertz CT molecular complexity index is 758. The third-order valence-corrected chi connectivity index (χ3v) is 5.23. The quantitative estimate of drug-likeness (QED) is 0.829. The predicted octanol–water partition coefficient (Wildman–Crippen LogP) is 3.45. The molecule has 6 heteroatoms. The van der Waals surface area contributed by atoms with Gasteiger partial charge in [-0.25, -0.2) is 8.42 Å². The van der Waals surface area contributed by atoms with E-state index in [1.807, 2.05) is 26.0 Å². The van der Waals surface area contributed by atoms with E-state index in [9.17, 15) is 8.42 Å². The zero-order valence-electron chi connectivity index (χ0n) is 11.1. The third kappa shape index (κ3) is 3.13. The Morgan fingerprint density at radius 2 is 1.80 bits per heavy atom. The fourth-order valence-electron chi connectivity index (χ4n) is 1.78. The van der Waals surface area contributed by atoms with E-state index in [-0.39, 0.29) is 4.90 Å². The van der Waals surface area contributed by atoms with Gasteiger partial charge >= 0.3 is 0 Å². The van der Waals surface area contributed by atoms with E-state index in [4.69, 9.17) is 5.73 Å². The van der Waals surface area contributed by atoms with Crippen molar-refractivity contribution < 1.29 is 8.42 Å². The Morgan fingerprint density at radius 1 is 1.10 bits per heavy atom. The van der Waals surface area contributed by atoms with E-state index in [1.165, 1.54) is 6.07 Å². The Morgan fingerprint density at radius 3 is 2.45 bits per heavy atom. The van der Waals surface area contributed by atoms with Crippen LogP contribution in [0.15, 0.2) is 45.8 Å². The van der Waals surface area contributed by atoms with E-state index in [0.29, 0.717) is 15.8 Å². The highest BCUT2D eigenvalue weighted by molar-refractivity contribution is 9.10. The monoisotopic (exact) mass is 354 g/mol. The molecule has 0 saturated carbocycles. The van der Waals surface area contributed by atoms with Gasteiger partial charge in [-0.2, -0.15) is 0 Å². The number of anilines is 2. The summed E-state index contributed by atoms with van der Waals surface area (Å²) in [6.07, 6.45) is 0. The number of hydrogen-bond donors (Lipinski definition) is 2. The largest absolute Gasteiger partial charge is 0.399 e. The summed E-state index contributed by atoms with van der Waals surface area (Å²) in [4.78, 5) is 0.160. The predicted molar refractivity (Wildman–Crippen MR) is 85.3 cm³/mol. The summed E-state index contributed by atoms with van der Waals surface area (Å²) in [7, 11) is -3.65. The number of benzene rings is 2. The normalized spacial score (nSPS) is 11.3. The van der Waals surface area contributed by atoms with Gasteiger partial charge in [-0.05, 0) is 65.2 Å². The molecule has 106 valence electrons. The van der Waals surface area contributed by atoms with Gasteiger partial charge in [0.25, 0.3) is 10.0 Å². The number of nitrogen functional groups attached to an aromatic ring is 1. The van der Waals surface area contributed by atoms with Gasteiger partial charge in [-0.15, -0.1) is 0 Å². The summed E-state index contributed by atoms with van der Waals surface area (Å²) in [5.74, 6) is 0. The minimum absolute atomic E-state index is 0.160. The molecular formula is C14H15BrN2O2S. The highest BCUT2D eigenvalue weighted by Gasteiger charge is 2.18. The second-order valence-electron chi connectivity index (χ2n) is 4.61. The summed E-state index contributed by atoms with van der Waals surface area (Å²) in [5.41, 5.74) is 8.56. The smallest absolute Gasteiger partial charge is 0.263 e. The van der Waals surface area contributed by atoms with Crippen molar-refractivity contribution in [3.05, 3.63) is 52.0 Å². The molecule has 3 N–H and O–H groups in total. The van der Waals surface area contributed by atoms with Gasteiger partial charge in [-0.1, -0.05) is 12.1 Å². The van der Waals surface area contributed by atoms with Crippen LogP contribution in [0.1, 0.15) is 11.1 Å². The summed E-state index contributed by atoms with van der Waals surface area (Å²) in [6, 6.07) is 10.2. The van der Waals surface area contributed by atoms with Crippen LogP contribution in [0.3, 0.4) is 0 Å². The van der Waals surface area contributed by atoms with Crippen LogP contribution in [-0.2, 0) is 10.0 Å². The average Bonchev–Trinajstić information content (AvgIpc) is 2.33. The Kier molecular flexibility index (Phi) is 4.06. The van der Waals surface area contributed by atoms with Crippen molar-refractivity contribution in [2.45, 2.75) is 18.7 Å². The number of nitrogens with one attached hydrogen (secondary N) is 1. The van der Waals surface area contributed by atoms with Crippen molar-refractivity contribution in [1.82, 2.24) is 0 Å². The molecule has 20 heavy (non-hydrogen) atoms. The lowest BCUT2D eigenvalue weighted by Crippen LogP contribution is -2.14. The molecule has 2 aromatic carbocycles. The minimum atomic E-state index is -3.65. The first kappa shape index (κ1) is 14.9. The van der Waals surface area contributed by atoms with Crippen LogP contribution < -0.4 is 10.5 Å². The van der Waals surface area contributed by atoms with Crippen LogP contribution in [0.25, 0.3) is 0 Å². The SMILES string of the molecule is Cc1ccc(C)c(NS(=O)(=O)c2ccc(N)cc2Br)c1. The molecule has 0 unspecified atom stereocenters. The first-order valence-corrected chi connectivity index (χ1v) is 8.22. The van der Waals surface area contributed by atoms with E-state index in [1.54, 1.807) is 18.2 Å². The van der Waals surface area contributed by atoms with Gasteiger partial charge in [0.1, 0.15) is 4.90 Å². The molecule has 0 aliphatic heterocycles. The van der Waals surface area contributed by atoms with Crippen molar-refractivity contribution in [2.24, 2.45) is 0 Å². The molecule has 0 bridgehead atoms. The topological polar surface area (TPSA) is 72.2 Å². The second kappa shape index (κ2) is 5.46. The maximum absolute atomic E-state index is 12.4. The van der Waals surface area contributed by atoms with Gasteiger partial charge in [0.2, 0.25) is 0 Å². The van der Waals surface area contributed by atoms with Gasteiger partial charge in [0.05, 0.1) is 5.69 Å². The number of rotatable bonds is 3. The molecule has 0 fully saturated rings. The maximum atomic E-state index is 12.4. The molecular weight excluding hydrogens is 340 g/mol. The molecule has 4 nitrogen and oxygen atoms in total. The standard InChI is InChI=1S/C14H15BrN2O2S/c1-9-3-4-10(2)13(7-9)17-20(18,19)14-6-5-11(16)8-12(14)15/h3-8,17H,16H2,1-2H3. The fourth-order valence-corrected chi connectivity index (χ4v) is 4.00. The van der Waals surface area contributed by atoms with Crippen LogP contribution in [0.4, 0.5) is 11.4 Å². The molecule has 0 aromatic heterocycles. The molecule has 0 heterocycles. The molecule has 2 rings (SSSR count). The molecule has 0 radical (unpaired) electrons. The van der Waals surface area contributed by atoms with Crippen LogP contribution in [0, 0.1) is 13.8 Å². The van der Waals surface area contributed by atoms with Crippen LogP contribution in [-0.4, -0.2) is 8.42 Å². The summed E-state index contributed by atoms with van der Waals surface area (Å²) in [6.45, 7) is 3.77. The highest BCUT2D eigenvalue weighted by Crippen LogP contribution is 2.27. The lowest BCUT2D eigenvalue weighted by molar-refractivity contribution is 0.600. The molecule has 0 atom stereocenters. The minimum Gasteiger partial charge on any atom is -0.399 e. The van der Waals surface area contributed by atoms with Crippen LogP contribution >= 0.6 is 15.9 Å². The molecule has 0 amide bonds. The van der Waals surface area contributed by atoms with Crippen LogP contribution in [0.2, 0.25) is 0 Å². The maximum Gasteiger partial charge on any atom is 0.263 e. The van der Waals surface area contributed by atoms with Crippen molar-refractivity contribution in [2.75, 3.05) is 10.5 Å². The zero-order chi connectivity index (χ0) is 14.9. The first-order valence-electron chi connectivity index (χ1n) is 5.95. The van der Waals surface area contributed by atoms with E-state index >= 15 is 0 Å². The van der Waals surface area contributed by atoms with Crippen molar-refractivity contribution in [3.63, 3.8) is 0 Å². The van der Waals surface area contributed by atoms with E-state index < -0.39 is 10.0 Å². The van der Waals surface area contributed by atoms with Crippen molar-refractivity contribution in [1.29, 1.82) is 0 Å². The van der Waals surface area contributed by atoms with Crippen molar-refractivity contribution >= 4 is 37.3 Å².